The van der Waals surface area contributed by atoms with E-state index in [-0.39, 0.29) is 5.76 Å². The molecule has 2 rings (SSSR count). The summed E-state index contributed by atoms with van der Waals surface area (Å²) in [6.45, 7) is 5.43. The number of imide groups is 1. The Hall–Kier alpha value is -3.03. The van der Waals surface area contributed by atoms with Crippen LogP contribution in [0.2, 0.25) is 0 Å². The maximum Gasteiger partial charge on any atom is 0.413 e. The molecule has 0 unspecified atom stereocenters. The van der Waals surface area contributed by atoms with Gasteiger partial charge in [0.25, 0.3) is 5.91 Å². The van der Waals surface area contributed by atoms with Crippen LogP contribution in [0, 0.1) is 6.92 Å². The first-order valence-corrected chi connectivity index (χ1v) is 7.63. The third-order valence-electron chi connectivity index (χ3n) is 3.47. The molecule has 0 spiro atoms. The van der Waals surface area contributed by atoms with Crippen molar-refractivity contribution in [3.8, 4) is 5.75 Å². The zero-order chi connectivity index (χ0) is 18.6. The van der Waals surface area contributed by atoms with Crippen molar-refractivity contribution in [2.24, 2.45) is 0 Å². The maximum atomic E-state index is 12.3. The number of esters is 1. The molecule has 2 aromatic rings. The number of amides is 2. The average Bonchev–Trinajstić information content (AvgIpc) is 2.91. The number of nitrogens with one attached hydrogen (secondary N) is 1. The van der Waals surface area contributed by atoms with Crippen LogP contribution >= 0.6 is 0 Å². The van der Waals surface area contributed by atoms with Crippen molar-refractivity contribution in [2.75, 3.05) is 13.7 Å². The Morgan fingerprint density at radius 2 is 2.00 bits per heavy atom. The maximum absolute atomic E-state index is 12.3. The van der Waals surface area contributed by atoms with Crippen LogP contribution in [0.3, 0.4) is 0 Å². The van der Waals surface area contributed by atoms with E-state index in [1.165, 1.54) is 6.92 Å². The summed E-state index contributed by atoms with van der Waals surface area (Å²) in [6.07, 6.45) is -2.13. The number of fused-ring (bicyclic) bond motifs is 1. The lowest BCUT2D eigenvalue weighted by molar-refractivity contribution is -0.128. The zero-order valence-electron chi connectivity index (χ0n) is 14.4. The van der Waals surface area contributed by atoms with Gasteiger partial charge in [-0.25, -0.2) is 9.59 Å². The highest BCUT2D eigenvalue weighted by atomic mass is 16.6. The van der Waals surface area contributed by atoms with Gasteiger partial charge >= 0.3 is 12.1 Å². The number of alkyl carbamates (subject to hydrolysis) is 1. The SMILES string of the molecule is CCOc1ccc2oc(C(=O)O[C@H](C)C(=O)NC(=O)OC)c(C)c2c1. The molecule has 8 heteroatoms. The van der Waals surface area contributed by atoms with Crippen molar-refractivity contribution >= 4 is 28.9 Å². The molecule has 0 saturated carbocycles. The fourth-order valence-electron chi connectivity index (χ4n) is 2.17. The number of furan rings is 1. The van der Waals surface area contributed by atoms with E-state index in [1.54, 1.807) is 25.1 Å². The smallest absolute Gasteiger partial charge is 0.413 e. The highest BCUT2D eigenvalue weighted by molar-refractivity contribution is 5.99. The van der Waals surface area contributed by atoms with Gasteiger partial charge < -0.3 is 18.6 Å². The number of benzene rings is 1. The monoisotopic (exact) mass is 349 g/mol. The molecule has 0 aliphatic carbocycles. The van der Waals surface area contributed by atoms with E-state index in [9.17, 15) is 14.4 Å². The van der Waals surface area contributed by atoms with Gasteiger partial charge in [-0.3, -0.25) is 10.1 Å². The summed E-state index contributed by atoms with van der Waals surface area (Å²) in [5.74, 6) is -0.960. The summed E-state index contributed by atoms with van der Waals surface area (Å²) in [5, 5.41) is 2.64. The van der Waals surface area contributed by atoms with Gasteiger partial charge in [-0.15, -0.1) is 0 Å². The second-order valence-electron chi connectivity index (χ2n) is 5.18. The minimum Gasteiger partial charge on any atom is -0.494 e. The number of carbonyl (C=O) groups is 3. The van der Waals surface area contributed by atoms with E-state index in [2.05, 4.69) is 4.74 Å². The fourth-order valence-corrected chi connectivity index (χ4v) is 2.17. The molecule has 1 aromatic carbocycles. The van der Waals surface area contributed by atoms with Gasteiger partial charge in [0.1, 0.15) is 11.3 Å². The molecule has 1 heterocycles. The van der Waals surface area contributed by atoms with Crippen LogP contribution in [0.5, 0.6) is 5.75 Å². The molecule has 1 aromatic heterocycles. The average molecular weight is 349 g/mol. The topological polar surface area (TPSA) is 104 Å². The quantitative estimate of drug-likeness (QED) is 0.827. The summed E-state index contributed by atoms with van der Waals surface area (Å²) in [4.78, 5) is 35.0. The van der Waals surface area contributed by atoms with Crippen LogP contribution in [0.1, 0.15) is 30.0 Å². The van der Waals surface area contributed by atoms with Crippen LogP contribution < -0.4 is 10.1 Å². The molecule has 8 nitrogen and oxygen atoms in total. The van der Waals surface area contributed by atoms with Crippen molar-refractivity contribution in [1.29, 1.82) is 0 Å². The fraction of sp³-hybridized carbons (Fsp3) is 0.353. The Labute approximate surface area is 144 Å². The summed E-state index contributed by atoms with van der Waals surface area (Å²) in [5.41, 5.74) is 1.07. The highest BCUT2D eigenvalue weighted by Gasteiger charge is 2.25. The van der Waals surface area contributed by atoms with Gasteiger partial charge in [-0.2, -0.15) is 0 Å². The van der Waals surface area contributed by atoms with Crippen molar-refractivity contribution in [1.82, 2.24) is 5.32 Å². The number of carbonyl (C=O) groups excluding carboxylic acids is 3. The zero-order valence-corrected chi connectivity index (χ0v) is 14.4. The van der Waals surface area contributed by atoms with Gasteiger partial charge in [0, 0.05) is 10.9 Å². The molecule has 0 radical (unpaired) electrons. The van der Waals surface area contributed by atoms with E-state index < -0.39 is 24.1 Å². The van der Waals surface area contributed by atoms with Crippen molar-refractivity contribution in [3.63, 3.8) is 0 Å². The first-order chi connectivity index (χ1) is 11.9. The predicted octanol–water partition coefficient (Wildman–Crippen LogP) is 2.57. The number of hydrogen-bond acceptors (Lipinski definition) is 7. The number of ether oxygens (including phenoxy) is 3. The molecule has 0 aliphatic rings. The Morgan fingerprint density at radius 3 is 2.64 bits per heavy atom. The molecular formula is C17H19NO7. The van der Waals surface area contributed by atoms with E-state index in [0.29, 0.717) is 28.9 Å². The van der Waals surface area contributed by atoms with E-state index in [4.69, 9.17) is 13.9 Å². The van der Waals surface area contributed by atoms with Crippen LogP contribution in [0.15, 0.2) is 22.6 Å². The Kier molecular flexibility index (Phi) is 5.63. The van der Waals surface area contributed by atoms with Crippen LogP contribution in [-0.2, 0) is 14.3 Å². The summed E-state index contributed by atoms with van der Waals surface area (Å²) < 4.78 is 20.3. The first kappa shape index (κ1) is 18.3. The Morgan fingerprint density at radius 1 is 1.28 bits per heavy atom. The third kappa shape index (κ3) is 4.09. The summed E-state index contributed by atoms with van der Waals surface area (Å²) in [7, 11) is 1.12. The second kappa shape index (κ2) is 7.69. The van der Waals surface area contributed by atoms with E-state index in [0.717, 1.165) is 7.11 Å². The lowest BCUT2D eigenvalue weighted by Crippen LogP contribution is -2.39. The van der Waals surface area contributed by atoms with Gasteiger partial charge in [0.15, 0.2) is 6.10 Å². The third-order valence-corrected chi connectivity index (χ3v) is 3.47. The highest BCUT2D eigenvalue weighted by Crippen LogP contribution is 2.29. The lowest BCUT2D eigenvalue weighted by atomic mass is 10.1. The molecule has 0 bridgehead atoms. The van der Waals surface area contributed by atoms with E-state index in [1.807, 2.05) is 12.2 Å². The molecule has 134 valence electrons. The predicted molar refractivity (Wildman–Crippen MR) is 87.5 cm³/mol. The lowest BCUT2D eigenvalue weighted by Gasteiger charge is -2.11. The minimum atomic E-state index is -1.20. The number of methoxy groups -OCH3 is 1. The molecule has 2 amide bonds. The molecule has 0 aliphatic heterocycles. The van der Waals surface area contributed by atoms with Gasteiger partial charge in [-0.05, 0) is 39.0 Å². The molecule has 1 atom stereocenters. The molecule has 1 N–H and O–H groups in total. The Balaban J connectivity index is 2.17. The second-order valence-corrected chi connectivity index (χ2v) is 5.18. The Bertz CT molecular complexity index is 809. The van der Waals surface area contributed by atoms with Gasteiger partial charge in [0.05, 0.1) is 13.7 Å². The van der Waals surface area contributed by atoms with Gasteiger partial charge in [-0.1, -0.05) is 0 Å². The summed E-state index contributed by atoms with van der Waals surface area (Å²) in [6, 6.07) is 5.19. The number of aryl methyl sites for hydroxylation is 1. The van der Waals surface area contributed by atoms with Crippen molar-refractivity contribution < 1.29 is 33.0 Å². The summed E-state index contributed by atoms with van der Waals surface area (Å²) >= 11 is 0. The largest absolute Gasteiger partial charge is 0.494 e. The van der Waals surface area contributed by atoms with E-state index >= 15 is 0 Å². The van der Waals surface area contributed by atoms with Crippen LogP contribution in [0.4, 0.5) is 4.79 Å². The van der Waals surface area contributed by atoms with Crippen LogP contribution in [0.25, 0.3) is 11.0 Å². The van der Waals surface area contributed by atoms with Gasteiger partial charge in [0.2, 0.25) is 5.76 Å². The molecule has 25 heavy (non-hydrogen) atoms. The standard InChI is InChI=1S/C17H19NO7/c1-5-23-11-6-7-13-12(8-11)9(2)14(25-13)16(20)24-10(3)15(19)18-17(21)22-4/h6-8,10H,5H2,1-4H3,(H,18,19,21)/t10-/m1/s1. The molecular weight excluding hydrogens is 330 g/mol. The minimum absolute atomic E-state index is 0.0126. The van der Waals surface area contributed by atoms with Crippen molar-refractivity contribution in [3.05, 3.63) is 29.5 Å². The normalized spacial score (nSPS) is 11.7. The number of rotatable bonds is 5. The number of hydrogen-bond donors (Lipinski definition) is 1. The van der Waals surface area contributed by atoms with Crippen molar-refractivity contribution in [2.45, 2.75) is 26.9 Å². The van der Waals surface area contributed by atoms with Crippen LogP contribution in [-0.4, -0.2) is 37.8 Å². The molecule has 0 saturated heterocycles. The molecule has 0 fully saturated rings. The first-order valence-electron chi connectivity index (χ1n) is 7.63.